The van der Waals surface area contributed by atoms with Crippen LogP contribution in [0.1, 0.15) is 38.2 Å². The fraction of sp³-hybridized carbons (Fsp3) is 0.600. The third-order valence-corrected chi connectivity index (χ3v) is 5.24. The molecule has 1 aromatic rings. The van der Waals surface area contributed by atoms with E-state index in [0.29, 0.717) is 25.2 Å². The van der Waals surface area contributed by atoms with Crippen LogP contribution in [0.15, 0.2) is 23.1 Å². The lowest BCUT2D eigenvalue weighted by atomic mass is 10.0. The van der Waals surface area contributed by atoms with Gasteiger partial charge in [0.25, 0.3) is 0 Å². The van der Waals surface area contributed by atoms with Gasteiger partial charge in [-0.1, -0.05) is 18.9 Å². The Morgan fingerprint density at radius 2 is 2.00 bits per heavy atom. The number of hydrogen-bond donors (Lipinski definition) is 2. The molecular weight excluding hydrogens is 290 g/mol. The summed E-state index contributed by atoms with van der Waals surface area (Å²) in [4.78, 5) is 0.131. The Morgan fingerprint density at radius 1 is 1.33 bits per heavy atom. The zero-order chi connectivity index (χ0) is 15.5. The first-order chi connectivity index (χ1) is 9.86. The van der Waals surface area contributed by atoms with Gasteiger partial charge in [0, 0.05) is 6.54 Å². The summed E-state index contributed by atoms with van der Waals surface area (Å²) >= 11 is 0. The third-order valence-electron chi connectivity index (χ3n) is 3.81. The number of aliphatic hydroxyl groups is 1. The van der Waals surface area contributed by atoms with Crippen LogP contribution in [0.5, 0.6) is 5.75 Å². The number of rotatable bonds is 6. The average Bonchev–Trinajstić information content (AvgIpc) is 2.87. The lowest BCUT2D eigenvalue weighted by Crippen LogP contribution is -2.40. The van der Waals surface area contributed by atoms with Crippen molar-refractivity contribution >= 4 is 10.0 Å². The second kappa shape index (κ2) is 6.34. The summed E-state index contributed by atoms with van der Waals surface area (Å²) in [5, 5.41) is 10.3. The van der Waals surface area contributed by atoms with Crippen molar-refractivity contribution in [2.75, 3.05) is 13.2 Å². The molecule has 0 spiro atoms. The van der Waals surface area contributed by atoms with Gasteiger partial charge in [-0.3, -0.25) is 0 Å². The smallest absolute Gasteiger partial charge is 0.244 e. The Morgan fingerprint density at radius 3 is 2.62 bits per heavy atom. The molecule has 1 aliphatic rings. The van der Waals surface area contributed by atoms with Crippen LogP contribution in [0.3, 0.4) is 0 Å². The SMILES string of the molecule is CCOc1ccc(C)cc1S(=O)(=O)NCC1(O)CCCC1. The summed E-state index contributed by atoms with van der Waals surface area (Å²) in [5.74, 6) is 0.342. The minimum atomic E-state index is -3.70. The Hall–Kier alpha value is -1.11. The zero-order valence-electron chi connectivity index (χ0n) is 12.6. The van der Waals surface area contributed by atoms with Gasteiger partial charge in [0.15, 0.2) is 0 Å². The van der Waals surface area contributed by atoms with Crippen molar-refractivity contribution in [1.29, 1.82) is 0 Å². The number of ether oxygens (including phenoxy) is 1. The second-order valence-corrected chi connectivity index (χ2v) is 7.37. The molecule has 0 saturated heterocycles. The molecular formula is C15H23NO4S. The number of nitrogens with one attached hydrogen (secondary N) is 1. The van der Waals surface area contributed by atoms with Crippen LogP contribution in [0.4, 0.5) is 0 Å². The van der Waals surface area contributed by atoms with Crippen LogP contribution >= 0.6 is 0 Å². The van der Waals surface area contributed by atoms with E-state index in [1.807, 2.05) is 19.9 Å². The summed E-state index contributed by atoms with van der Waals surface area (Å²) in [6.45, 7) is 4.09. The monoisotopic (exact) mass is 313 g/mol. The minimum absolute atomic E-state index is 0.0504. The lowest BCUT2D eigenvalue weighted by Gasteiger charge is -2.22. The van der Waals surface area contributed by atoms with Crippen molar-refractivity contribution in [3.8, 4) is 5.75 Å². The molecule has 1 aliphatic carbocycles. The van der Waals surface area contributed by atoms with Gasteiger partial charge in [0.1, 0.15) is 10.6 Å². The molecule has 0 radical (unpaired) electrons. The van der Waals surface area contributed by atoms with Gasteiger partial charge in [-0.05, 0) is 44.4 Å². The number of hydrogen-bond acceptors (Lipinski definition) is 4. The molecule has 0 aliphatic heterocycles. The van der Waals surface area contributed by atoms with E-state index in [4.69, 9.17) is 4.74 Å². The molecule has 0 aromatic heterocycles. The highest BCUT2D eigenvalue weighted by molar-refractivity contribution is 7.89. The standard InChI is InChI=1S/C15H23NO4S/c1-3-20-13-7-6-12(2)10-14(13)21(18,19)16-11-15(17)8-4-5-9-15/h6-7,10,16-17H,3-5,8-9,11H2,1-2H3. The molecule has 0 atom stereocenters. The van der Waals surface area contributed by atoms with Gasteiger partial charge in [-0.2, -0.15) is 0 Å². The summed E-state index contributed by atoms with van der Waals surface area (Å²) in [5.41, 5.74) is -0.0683. The topological polar surface area (TPSA) is 75.6 Å². The van der Waals surface area contributed by atoms with E-state index in [-0.39, 0.29) is 11.4 Å². The van der Waals surface area contributed by atoms with Crippen LogP contribution in [0.25, 0.3) is 0 Å². The molecule has 1 saturated carbocycles. The Kier molecular flexibility index (Phi) is 4.91. The first-order valence-electron chi connectivity index (χ1n) is 7.32. The summed E-state index contributed by atoms with van der Waals surface area (Å²) in [6, 6.07) is 5.07. The van der Waals surface area contributed by atoms with E-state index >= 15 is 0 Å². The second-order valence-electron chi connectivity index (χ2n) is 5.64. The highest BCUT2D eigenvalue weighted by Gasteiger charge is 2.33. The number of sulfonamides is 1. The molecule has 1 aromatic carbocycles. The quantitative estimate of drug-likeness (QED) is 0.842. The van der Waals surface area contributed by atoms with Crippen molar-refractivity contribution in [3.05, 3.63) is 23.8 Å². The molecule has 21 heavy (non-hydrogen) atoms. The summed E-state index contributed by atoms with van der Waals surface area (Å²) in [7, 11) is -3.70. The Balaban J connectivity index is 2.20. The van der Waals surface area contributed by atoms with Crippen molar-refractivity contribution in [1.82, 2.24) is 4.72 Å². The highest BCUT2D eigenvalue weighted by Crippen LogP contribution is 2.30. The summed E-state index contributed by atoms with van der Waals surface area (Å²) < 4.78 is 32.9. The normalized spacial score (nSPS) is 17.9. The maximum Gasteiger partial charge on any atom is 0.244 e. The van der Waals surface area contributed by atoms with Crippen LogP contribution in [0.2, 0.25) is 0 Å². The predicted molar refractivity (Wildman–Crippen MR) is 81.0 cm³/mol. The van der Waals surface area contributed by atoms with E-state index in [1.165, 1.54) is 0 Å². The summed E-state index contributed by atoms with van der Waals surface area (Å²) in [6.07, 6.45) is 3.16. The minimum Gasteiger partial charge on any atom is -0.492 e. The number of benzene rings is 1. The van der Waals surface area contributed by atoms with E-state index < -0.39 is 15.6 Å². The molecule has 118 valence electrons. The van der Waals surface area contributed by atoms with E-state index in [2.05, 4.69) is 4.72 Å². The van der Waals surface area contributed by atoms with Crippen molar-refractivity contribution in [3.63, 3.8) is 0 Å². The zero-order valence-corrected chi connectivity index (χ0v) is 13.4. The number of aryl methyl sites for hydroxylation is 1. The van der Waals surface area contributed by atoms with E-state index in [1.54, 1.807) is 12.1 Å². The van der Waals surface area contributed by atoms with E-state index in [0.717, 1.165) is 18.4 Å². The first kappa shape index (κ1) is 16.3. The van der Waals surface area contributed by atoms with Crippen LogP contribution in [0, 0.1) is 6.92 Å². The third kappa shape index (κ3) is 3.96. The van der Waals surface area contributed by atoms with Gasteiger partial charge in [-0.25, -0.2) is 13.1 Å². The largest absolute Gasteiger partial charge is 0.492 e. The molecule has 0 unspecified atom stereocenters. The van der Waals surface area contributed by atoms with Gasteiger partial charge < -0.3 is 9.84 Å². The molecule has 1 fully saturated rings. The lowest BCUT2D eigenvalue weighted by molar-refractivity contribution is 0.0531. The molecule has 2 rings (SSSR count). The van der Waals surface area contributed by atoms with Crippen molar-refractivity contribution < 1.29 is 18.3 Å². The van der Waals surface area contributed by atoms with Crippen LogP contribution in [-0.4, -0.2) is 32.3 Å². The average molecular weight is 313 g/mol. The van der Waals surface area contributed by atoms with Gasteiger partial charge >= 0.3 is 0 Å². The van der Waals surface area contributed by atoms with Crippen LogP contribution < -0.4 is 9.46 Å². The predicted octanol–water partition coefficient (Wildman–Crippen LogP) is 1.98. The van der Waals surface area contributed by atoms with Crippen molar-refractivity contribution in [2.45, 2.75) is 50.0 Å². The van der Waals surface area contributed by atoms with Crippen LogP contribution in [-0.2, 0) is 10.0 Å². The Bertz CT molecular complexity index is 592. The molecule has 0 amide bonds. The maximum absolute atomic E-state index is 12.5. The fourth-order valence-corrected chi connectivity index (χ4v) is 3.96. The molecule has 2 N–H and O–H groups in total. The van der Waals surface area contributed by atoms with Gasteiger partial charge in [-0.15, -0.1) is 0 Å². The maximum atomic E-state index is 12.5. The van der Waals surface area contributed by atoms with Gasteiger partial charge in [0.2, 0.25) is 10.0 Å². The molecule has 6 heteroatoms. The fourth-order valence-electron chi connectivity index (χ4n) is 2.62. The molecule has 0 heterocycles. The molecule has 0 bridgehead atoms. The first-order valence-corrected chi connectivity index (χ1v) is 8.80. The Labute approximate surface area is 126 Å². The molecule has 5 nitrogen and oxygen atoms in total. The van der Waals surface area contributed by atoms with E-state index in [9.17, 15) is 13.5 Å². The van der Waals surface area contributed by atoms with Crippen molar-refractivity contribution in [2.24, 2.45) is 0 Å². The van der Waals surface area contributed by atoms with Gasteiger partial charge in [0.05, 0.1) is 12.2 Å². The highest BCUT2D eigenvalue weighted by atomic mass is 32.2.